The number of hydrogen-bond acceptors (Lipinski definition) is 4. The van der Waals surface area contributed by atoms with E-state index < -0.39 is 9.84 Å². The van der Waals surface area contributed by atoms with Crippen LogP contribution in [0.5, 0.6) is 0 Å². The van der Waals surface area contributed by atoms with E-state index in [4.69, 9.17) is 5.26 Å². The maximum atomic E-state index is 12.2. The SMILES string of the molecule is N#Cc1cccc(S(=O)(=O)CCNCC2CC=CCC2)c1. The van der Waals surface area contributed by atoms with E-state index in [1.165, 1.54) is 12.5 Å². The van der Waals surface area contributed by atoms with Gasteiger partial charge in [0.1, 0.15) is 0 Å². The lowest BCUT2D eigenvalue weighted by Gasteiger charge is -2.18. The van der Waals surface area contributed by atoms with E-state index in [1.807, 2.05) is 6.07 Å². The number of nitrogens with zero attached hydrogens (tertiary/aromatic N) is 1. The molecule has 112 valence electrons. The lowest BCUT2D eigenvalue weighted by molar-refractivity contribution is 0.446. The molecule has 0 amide bonds. The lowest BCUT2D eigenvalue weighted by Crippen LogP contribution is -2.28. The van der Waals surface area contributed by atoms with E-state index in [1.54, 1.807) is 18.2 Å². The number of nitrogens with one attached hydrogen (secondary N) is 1. The van der Waals surface area contributed by atoms with Gasteiger partial charge in [0.25, 0.3) is 0 Å². The highest BCUT2D eigenvalue weighted by Crippen LogP contribution is 2.17. The zero-order chi connectivity index (χ0) is 15.1. The molecule has 0 aromatic heterocycles. The van der Waals surface area contributed by atoms with Crippen LogP contribution in [0.3, 0.4) is 0 Å². The molecule has 0 aliphatic heterocycles. The molecule has 0 saturated heterocycles. The van der Waals surface area contributed by atoms with Gasteiger partial charge in [-0.15, -0.1) is 0 Å². The molecule has 4 nitrogen and oxygen atoms in total. The fraction of sp³-hybridized carbons (Fsp3) is 0.438. The van der Waals surface area contributed by atoms with E-state index in [0.29, 0.717) is 18.0 Å². The zero-order valence-corrected chi connectivity index (χ0v) is 12.8. The van der Waals surface area contributed by atoms with Crippen molar-refractivity contribution >= 4 is 9.84 Å². The smallest absolute Gasteiger partial charge is 0.179 e. The van der Waals surface area contributed by atoms with Crippen LogP contribution in [0.25, 0.3) is 0 Å². The first kappa shape index (κ1) is 15.7. The van der Waals surface area contributed by atoms with Crippen LogP contribution in [0, 0.1) is 17.2 Å². The average Bonchev–Trinajstić information content (AvgIpc) is 2.53. The molecule has 0 bridgehead atoms. The quantitative estimate of drug-likeness (QED) is 0.646. The second kappa shape index (κ2) is 7.39. The molecule has 1 aromatic rings. The number of rotatable bonds is 6. The highest BCUT2D eigenvalue weighted by Gasteiger charge is 2.15. The second-order valence-corrected chi connectivity index (χ2v) is 7.42. The van der Waals surface area contributed by atoms with Crippen molar-refractivity contribution in [3.63, 3.8) is 0 Å². The van der Waals surface area contributed by atoms with Crippen LogP contribution < -0.4 is 5.32 Å². The summed E-state index contributed by atoms with van der Waals surface area (Å²) in [6.07, 6.45) is 7.75. The molecule has 1 atom stereocenters. The first-order chi connectivity index (χ1) is 10.1. The second-order valence-electron chi connectivity index (χ2n) is 5.31. The van der Waals surface area contributed by atoms with Crippen LogP contribution in [0.15, 0.2) is 41.3 Å². The van der Waals surface area contributed by atoms with Crippen LogP contribution in [-0.4, -0.2) is 27.3 Å². The molecule has 0 fully saturated rings. The first-order valence-corrected chi connectivity index (χ1v) is 8.86. The Hall–Kier alpha value is -1.64. The highest BCUT2D eigenvalue weighted by molar-refractivity contribution is 7.91. The van der Waals surface area contributed by atoms with Crippen LogP contribution in [0.2, 0.25) is 0 Å². The molecule has 1 aromatic carbocycles. The summed E-state index contributed by atoms with van der Waals surface area (Å²) in [6, 6.07) is 8.15. The third-order valence-corrected chi connectivity index (χ3v) is 5.39. The number of hydrogen-bond donors (Lipinski definition) is 1. The fourth-order valence-electron chi connectivity index (χ4n) is 2.43. The molecular formula is C16H20N2O2S. The molecule has 5 heteroatoms. The first-order valence-electron chi connectivity index (χ1n) is 7.20. The standard InChI is InChI=1S/C16H20N2O2S/c17-12-15-7-4-8-16(11-15)21(19,20)10-9-18-13-14-5-2-1-3-6-14/h1-2,4,7-8,11,14,18H,3,5-6,9-10,13H2. The highest BCUT2D eigenvalue weighted by atomic mass is 32.2. The number of benzene rings is 1. The fourth-order valence-corrected chi connectivity index (χ4v) is 3.67. The predicted octanol–water partition coefficient (Wildman–Crippen LogP) is 2.28. The number of nitriles is 1. The Morgan fingerprint density at radius 1 is 1.33 bits per heavy atom. The molecule has 1 aliphatic carbocycles. The normalized spacial score (nSPS) is 18.3. The van der Waals surface area contributed by atoms with Gasteiger partial charge in [-0.2, -0.15) is 5.26 Å². The summed E-state index contributed by atoms with van der Waals surface area (Å²) in [5.74, 6) is 0.671. The van der Waals surface area contributed by atoms with Crippen molar-refractivity contribution in [2.75, 3.05) is 18.8 Å². The molecule has 2 rings (SSSR count). The Morgan fingerprint density at radius 3 is 2.90 bits per heavy atom. The van der Waals surface area contributed by atoms with E-state index in [9.17, 15) is 8.42 Å². The van der Waals surface area contributed by atoms with Gasteiger partial charge >= 0.3 is 0 Å². The van der Waals surface area contributed by atoms with Gasteiger partial charge in [0.2, 0.25) is 0 Å². The van der Waals surface area contributed by atoms with E-state index in [0.717, 1.165) is 19.4 Å². The minimum atomic E-state index is -3.32. The van der Waals surface area contributed by atoms with Crippen LogP contribution in [0.4, 0.5) is 0 Å². The topological polar surface area (TPSA) is 70.0 Å². The van der Waals surface area contributed by atoms with Crippen molar-refractivity contribution in [2.45, 2.75) is 24.2 Å². The summed E-state index contributed by atoms with van der Waals surface area (Å²) >= 11 is 0. The van der Waals surface area contributed by atoms with Gasteiger partial charge in [-0.25, -0.2) is 8.42 Å². The summed E-state index contributed by atoms with van der Waals surface area (Å²) in [6.45, 7) is 1.30. The molecule has 1 N–H and O–H groups in total. The largest absolute Gasteiger partial charge is 0.315 e. The number of sulfone groups is 1. The minimum absolute atomic E-state index is 0.0600. The summed E-state index contributed by atoms with van der Waals surface area (Å²) in [7, 11) is -3.32. The minimum Gasteiger partial charge on any atom is -0.315 e. The molecule has 1 aliphatic rings. The van der Waals surface area contributed by atoms with Gasteiger partial charge < -0.3 is 5.32 Å². The molecular weight excluding hydrogens is 284 g/mol. The van der Waals surface area contributed by atoms with E-state index in [2.05, 4.69) is 17.5 Å². The van der Waals surface area contributed by atoms with Gasteiger partial charge in [0, 0.05) is 6.54 Å². The van der Waals surface area contributed by atoms with Crippen molar-refractivity contribution in [1.29, 1.82) is 5.26 Å². The summed E-state index contributed by atoms with van der Waals surface area (Å²) in [5, 5.41) is 12.1. The van der Waals surface area contributed by atoms with Crippen molar-refractivity contribution in [1.82, 2.24) is 5.32 Å². The van der Waals surface area contributed by atoms with E-state index >= 15 is 0 Å². The van der Waals surface area contributed by atoms with Crippen molar-refractivity contribution in [3.05, 3.63) is 42.0 Å². The summed E-state index contributed by atoms with van der Waals surface area (Å²) in [4.78, 5) is 0.226. The maximum Gasteiger partial charge on any atom is 0.179 e. The number of allylic oxidation sites excluding steroid dienone is 2. The van der Waals surface area contributed by atoms with Gasteiger partial charge in [-0.3, -0.25) is 0 Å². The molecule has 21 heavy (non-hydrogen) atoms. The Labute approximate surface area is 126 Å². The molecule has 0 spiro atoms. The summed E-state index contributed by atoms with van der Waals surface area (Å²) < 4.78 is 24.4. The van der Waals surface area contributed by atoms with Crippen LogP contribution in [-0.2, 0) is 9.84 Å². The summed E-state index contributed by atoms with van der Waals surface area (Å²) in [5.41, 5.74) is 0.373. The third kappa shape index (κ3) is 4.69. The molecule has 0 radical (unpaired) electrons. The van der Waals surface area contributed by atoms with Crippen molar-refractivity contribution in [3.8, 4) is 6.07 Å². The predicted molar refractivity (Wildman–Crippen MR) is 82.6 cm³/mol. The van der Waals surface area contributed by atoms with Gasteiger partial charge in [-0.1, -0.05) is 18.2 Å². The Kier molecular flexibility index (Phi) is 5.54. The van der Waals surface area contributed by atoms with Crippen molar-refractivity contribution in [2.24, 2.45) is 5.92 Å². The van der Waals surface area contributed by atoms with Gasteiger partial charge in [-0.05, 0) is 49.9 Å². The maximum absolute atomic E-state index is 12.2. The Morgan fingerprint density at radius 2 is 2.19 bits per heavy atom. The monoisotopic (exact) mass is 304 g/mol. The van der Waals surface area contributed by atoms with Crippen LogP contribution >= 0.6 is 0 Å². The molecule has 0 heterocycles. The van der Waals surface area contributed by atoms with Gasteiger partial charge in [0.05, 0.1) is 22.3 Å². The van der Waals surface area contributed by atoms with Gasteiger partial charge in [0.15, 0.2) is 9.84 Å². The molecule has 0 saturated carbocycles. The molecule has 1 unspecified atom stereocenters. The average molecular weight is 304 g/mol. The van der Waals surface area contributed by atoms with Crippen LogP contribution in [0.1, 0.15) is 24.8 Å². The third-order valence-electron chi connectivity index (χ3n) is 3.68. The lowest BCUT2D eigenvalue weighted by atomic mass is 9.94. The van der Waals surface area contributed by atoms with Crippen molar-refractivity contribution < 1.29 is 8.42 Å². The Balaban J connectivity index is 1.83. The Bertz CT molecular complexity index is 644. The zero-order valence-electron chi connectivity index (χ0n) is 12.0. The van der Waals surface area contributed by atoms with E-state index in [-0.39, 0.29) is 10.6 Å².